The molecule has 0 unspecified atom stereocenters. The number of hydrogen-bond donors (Lipinski definition) is 2. The Labute approximate surface area is 206 Å². The summed E-state index contributed by atoms with van der Waals surface area (Å²) >= 11 is 1.36. The maximum Gasteiger partial charge on any atom is 0.266 e. The molecular weight excluding hydrogens is 460 g/mol. The molecule has 0 radical (unpaired) electrons. The first-order chi connectivity index (χ1) is 17.1. The number of nitrogens with zero attached hydrogens (tertiary/aromatic N) is 6. The number of H-pyrrole nitrogens is 1. The lowest BCUT2D eigenvalue weighted by atomic mass is 10.2. The van der Waals surface area contributed by atoms with Crippen molar-refractivity contribution in [2.75, 3.05) is 12.4 Å². The lowest BCUT2D eigenvalue weighted by Gasteiger charge is -2.07. The average molecular weight is 483 g/mol. The molecule has 2 aromatic carbocycles. The van der Waals surface area contributed by atoms with Gasteiger partial charge < -0.3 is 5.32 Å². The van der Waals surface area contributed by atoms with Crippen LogP contribution in [0.3, 0.4) is 0 Å². The molecule has 0 spiro atoms. The van der Waals surface area contributed by atoms with Crippen molar-refractivity contribution in [3.8, 4) is 11.4 Å². The van der Waals surface area contributed by atoms with Crippen molar-refractivity contribution < 1.29 is 4.79 Å². The molecule has 1 aliphatic rings. The number of carbonyl (C=O) groups excluding carboxylic acids is 1. The van der Waals surface area contributed by atoms with Crippen LogP contribution in [0, 0.1) is 0 Å². The molecule has 4 aromatic rings. The lowest BCUT2D eigenvalue weighted by Crippen LogP contribution is -2.23. The zero-order valence-electron chi connectivity index (χ0n) is 19.1. The fourth-order valence-electron chi connectivity index (χ4n) is 3.46. The molecule has 0 atom stereocenters. The van der Waals surface area contributed by atoms with Gasteiger partial charge in [-0.2, -0.15) is 5.21 Å². The summed E-state index contributed by atoms with van der Waals surface area (Å²) in [7, 11) is 1.74. The highest BCUT2D eigenvalue weighted by Gasteiger charge is 2.30. The molecule has 1 saturated heterocycles. The van der Waals surface area contributed by atoms with E-state index in [9.17, 15) is 4.79 Å². The van der Waals surface area contributed by atoms with Gasteiger partial charge in [0.2, 0.25) is 5.82 Å². The Morgan fingerprint density at radius 1 is 1.11 bits per heavy atom. The van der Waals surface area contributed by atoms with Crippen LogP contribution in [-0.4, -0.2) is 48.6 Å². The fourth-order valence-corrected chi connectivity index (χ4v) is 4.45. The topological polar surface area (TPSA) is 112 Å². The molecule has 10 heteroatoms. The number of anilines is 2. The summed E-state index contributed by atoms with van der Waals surface area (Å²) in [5.74, 6) is 1.12. The second-order valence-electron chi connectivity index (χ2n) is 7.80. The number of likely N-dealkylation sites (N-methyl/N-ethyl adjacent to an activating group) is 1. The summed E-state index contributed by atoms with van der Waals surface area (Å²) in [6.07, 6.45) is 4.55. The molecule has 1 fully saturated rings. The number of tetrazole rings is 1. The molecule has 1 aliphatic heterocycles. The number of amides is 1. The third-order valence-corrected chi connectivity index (χ3v) is 6.48. The standard InChI is InChI=1S/C25H22N8OS/c1-3-16-4-8-20(9-5-16)28-25-33(2)24(34)21(35-25)14-17-12-13-26-22(15-17)27-19-10-6-18(7-11-19)23-29-31-32-30-23/h4-15H,3H2,1-2H3,(H,26,27)(H,29,30,31,32)/b21-14-,28-25?. The van der Waals surface area contributed by atoms with Gasteiger partial charge in [0, 0.05) is 24.5 Å². The van der Waals surface area contributed by atoms with Gasteiger partial charge in [0.15, 0.2) is 5.17 Å². The van der Waals surface area contributed by atoms with Crippen LogP contribution in [-0.2, 0) is 11.2 Å². The van der Waals surface area contributed by atoms with Gasteiger partial charge in [-0.3, -0.25) is 9.69 Å². The highest BCUT2D eigenvalue weighted by molar-refractivity contribution is 8.18. The van der Waals surface area contributed by atoms with E-state index in [0.717, 1.165) is 28.9 Å². The summed E-state index contributed by atoms with van der Waals surface area (Å²) in [5, 5.41) is 17.9. The number of benzene rings is 2. The maximum absolute atomic E-state index is 12.8. The lowest BCUT2D eigenvalue weighted by molar-refractivity contribution is -0.121. The molecule has 174 valence electrons. The van der Waals surface area contributed by atoms with E-state index in [1.807, 2.05) is 54.6 Å². The average Bonchev–Trinajstić information content (AvgIpc) is 3.51. The van der Waals surface area contributed by atoms with E-state index >= 15 is 0 Å². The molecule has 0 saturated carbocycles. The zero-order chi connectivity index (χ0) is 24.2. The van der Waals surface area contributed by atoms with Crippen LogP contribution in [0.2, 0.25) is 0 Å². The number of rotatable bonds is 6. The first kappa shape index (κ1) is 22.5. The summed E-state index contributed by atoms with van der Waals surface area (Å²) < 4.78 is 0. The summed E-state index contributed by atoms with van der Waals surface area (Å²) in [4.78, 5) is 24.1. The van der Waals surface area contributed by atoms with Gasteiger partial charge in [-0.25, -0.2) is 9.98 Å². The quantitative estimate of drug-likeness (QED) is 0.380. The Morgan fingerprint density at radius 3 is 2.63 bits per heavy atom. The van der Waals surface area contributed by atoms with Crippen LogP contribution in [0.1, 0.15) is 18.1 Å². The third kappa shape index (κ3) is 5.12. The predicted octanol–water partition coefficient (Wildman–Crippen LogP) is 4.80. The Balaban J connectivity index is 1.31. The van der Waals surface area contributed by atoms with E-state index in [2.05, 4.69) is 55.0 Å². The zero-order valence-corrected chi connectivity index (χ0v) is 20.0. The Morgan fingerprint density at radius 2 is 1.91 bits per heavy atom. The molecule has 2 N–H and O–H groups in total. The first-order valence-electron chi connectivity index (χ1n) is 11.0. The van der Waals surface area contributed by atoms with Crippen molar-refractivity contribution >= 4 is 46.1 Å². The molecule has 9 nitrogen and oxygen atoms in total. The number of carbonyl (C=O) groups is 1. The number of nitrogens with one attached hydrogen (secondary N) is 2. The van der Waals surface area contributed by atoms with Gasteiger partial charge in [0.1, 0.15) is 5.82 Å². The summed E-state index contributed by atoms with van der Waals surface area (Å²) in [6.45, 7) is 2.12. The Hall–Kier alpha value is -4.31. The SMILES string of the molecule is CCc1ccc(N=C2S/C(=C\c3ccnc(Nc4ccc(-c5nn[nH]n5)cc4)c3)C(=O)N2C)cc1. The van der Waals surface area contributed by atoms with Crippen molar-refractivity contribution in [3.63, 3.8) is 0 Å². The molecule has 0 bridgehead atoms. The molecule has 2 aromatic heterocycles. The molecule has 1 amide bonds. The number of pyridine rings is 1. The van der Waals surface area contributed by atoms with E-state index in [1.54, 1.807) is 18.1 Å². The van der Waals surface area contributed by atoms with Gasteiger partial charge in [0.25, 0.3) is 5.91 Å². The number of aromatic nitrogens is 5. The summed E-state index contributed by atoms with van der Waals surface area (Å²) in [6, 6.07) is 19.5. The second-order valence-corrected chi connectivity index (χ2v) is 8.81. The largest absolute Gasteiger partial charge is 0.340 e. The van der Waals surface area contributed by atoms with Crippen LogP contribution in [0.15, 0.2) is 76.8 Å². The van der Waals surface area contributed by atoms with E-state index in [1.165, 1.54) is 17.3 Å². The number of amidine groups is 1. The van der Waals surface area contributed by atoms with Gasteiger partial charge in [-0.1, -0.05) is 19.1 Å². The van der Waals surface area contributed by atoms with Gasteiger partial charge >= 0.3 is 0 Å². The van der Waals surface area contributed by atoms with Gasteiger partial charge in [0.05, 0.1) is 10.6 Å². The third-order valence-electron chi connectivity index (χ3n) is 5.42. The minimum atomic E-state index is -0.0812. The van der Waals surface area contributed by atoms with Gasteiger partial charge in [-0.05, 0) is 89.1 Å². The van der Waals surface area contributed by atoms with Crippen LogP contribution < -0.4 is 5.32 Å². The van der Waals surface area contributed by atoms with Crippen LogP contribution in [0.25, 0.3) is 17.5 Å². The number of aromatic amines is 1. The molecule has 0 aliphatic carbocycles. The number of aryl methyl sites for hydroxylation is 1. The Kier molecular flexibility index (Phi) is 6.36. The summed E-state index contributed by atoms with van der Waals surface area (Å²) in [5.41, 5.74) is 4.66. The van der Waals surface area contributed by atoms with Crippen LogP contribution >= 0.6 is 11.8 Å². The number of thioether (sulfide) groups is 1. The van der Waals surface area contributed by atoms with Crippen molar-refractivity contribution in [2.24, 2.45) is 4.99 Å². The normalized spacial score (nSPS) is 15.8. The Bertz CT molecular complexity index is 1400. The van der Waals surface area contributed by atoms with Crippen LogP contribution in [0.4, 0.5) is 17.2 Å². The van der Waals surface area contributed by atoms with Crippen molar-refractivity contribution in [1.82, 2.24) is 30.5 Å². The second kappa shape index (κ2) is 9.90. The molecule has 5 rings (SSSR count). The highest BCUT2D eigenvalue weighted by atomic mass is 32.2. The number of hydrogen-bond acceptors (Lipinski definition) is 8. The van der Waals surface area contributed by atoms with E-state index in [4.69, 9.17) is 0 Å². The minimum Gasteiger partial charge on any atom is -0.340 e. The van der Waals surface area contributed by atoms with E-state index in [0.29, 0.717) is 21.7 Å². The molecule has 3 heterocycles. The van der Waals surface area contributed by atoms with Gasteiger partial charge in [-0.15, -0.1) is 10.2 Å². The van der Waals surface area contributed by atoms with Crippen molar-refractivity contribution in [1.29, 1.82) is 0 Å². The monoisotopic (exact) mass is 482 g/mol. The van der Waals surface area contributed by atoms with E-state index < -0.39 is 0 Å². The molecule has 35 heavy (non-hydrogen) atoms. The van der Waals surface area contributed by atoms with Crippen molar-refractivity contribution in [2.45, 2.75) is 13.3 Å². The first-order valence-corrected chi connectivity index (χ1v) is 11.8. The fraction of sp³-hybridized carbons (Fsp3) is 0.120. The van der Waals surface area contributed by atoms with Crippen LogP contribution in [0.5, 0.6) is 0 Å². The number of aliphatic imine (C=N–C) groups is 1. The highest BCUT2D eigenvalue weighted by Crippen LogP contribution is 2.33. The molecular formula is C25H22N8OS. The van der Waals surface area contributed by atoms with Crippen molar-refractivity contribution in [3.05, 3.63) is 82.9 Å². The van der Waals surface area contributed by atoms with E-state index in [-0.39, 0.29) is 5.91 Å². The maximum atomic E-state index is 12.8. The smallest absolute Gasteiger partial charge is 0.266 e. The predicted molar refractivity (Wildman–Crippen MR) is 138 cm³/mol. The minimum absolute atomic E-state index is 0.0812.